The molecule has 21 heavy (non-hydrogen) atoms. The number of pyridine rings is 1. The molecule has 0 saturated carbocycles. The van der Waals surface area contributed by atoms with Crippen LogP contribution in [0, 0.1) is 0 Å². The van der Waals surface area contributed by atoms with Gasteiger partial charge in [0.1, 0.15) is 11.6 Å². The number of hydrogen-bond donors (Lipinski definition) is 2. The summed E-state index contributed by atoms with van der Waals surface area (Å²) >= 11 is 0. The van der Waals surface area contributed by atoms with Crippen LogP contribution >= 0.6 is 0 Å². The van der Waals surface area contributed by atoms with Crippen LogP contribution < -0.4 is 15.4 Å². The minimum Gasteiger partial charge on any atom is -0.497 e. The van der Waals surface area contributed by atoms with Crippen molar-refractivity contribution in [1.82, 2.24) is 10.3 Å². The van der Waals surface area contributed by atoms with Crippen LogP contribution in [0.15, 0.2) is 42.6 Å². The van der Waals surface area contributed by atoms with E-state index in [1.54, 1.807) is 32.5 Å². The molecule has 0 unspecified atom stereocenters. The fourth-order valence-corrected chi connectivity index (χ4v) is 1.89. The first-order valence-corrected chi connectivity index (χ1v) is 6.78. The molecule has 1 aromatic heterocycles. The van der Waals surface area contributed by atoms with Crippen molar-refractivity contribution in [3.8, 4) is 5.75 Å². The smallest absolute Gasteiger partial charge is 0.252 e. The predicted octanol–water partition coefficient (Wildman–Crippen LogP) is 2.10. The molecular formula is C16H19N3O2. The number of rotatable bonds is 6. The Morgan fingerprint density at radius 3 is 2.52 bits per heavy atom. The van der Waals surface area contributed by atoms with E-state index in [1.807, 2.05) is 24.3 Å². The Morgan fingerprint density at radius 1 is 1.19 bits per heavy atom. The third-order valence-corrected chi connectivity index (χ3v) is 3.14. The van der Waals surface area contributed by atoms with Crippen LogP contribution in [0.25, 0.3) is 0 Å². The molecule has 0 spiro atoms. The Labute approximate surface area is 124 Å². The van der Waals surface area contributed by atoms with E-state index in [2.05, 4.69) is 15.6 Å². The van der Waals surface area contributed by atoms with Crippen LogP contribution in [0.4, 0.5) is 5.82 Å². The maximum absolute atomic E-state index is 11.9. The van der Waals surface area contributed by atoms with Crippen molar-refractivity contribution in [1.29, 1.82) is 0 Å². The quantitative estimate of drug-likeness (QED) is 0.853. The fraction of sp³-hybridized carbons (Fsp3) is 0.250. The lowest BCUT2D eigenvalue weighted by Gasteiger charge is -2.06. The van der Waals surface area contributed by atoms with E-state index in [1.165, 1.54) is 0 Å². The number of carbonyl (C=O) groups is 1. The van der Waals surface area contributed by atoms with Gasteiger partial charge in [-0.05, 0) is 36.2 Å². The Kier molecular flexibility index (Phi) is 5.15. The van der Waals surface area contributed by atoms with Crippen LogP contribution in [0.1, 0.15) is 15.9 Å². The number of benzene rings is 1. The Balaban J connectivity index is 1.82. The third kappa shape index (κ3) is 4.21. The number of carbonyl (C=O) groups excluding carboxylic acids is 1. The summed E-state index contributed by atoms with van der Waals surface area (Å²) in [5.74, 6) is 1.46. The van der Waals surface area contributed by atoms with Gasteiger partial charge in [-0.15, -0.1) is 0 Å². The average molecular weight is 285 g/mol. The molecule has 2 N–H and O–H groups in total. The van der Waals surface area contributed by atoms with Crippen molar-refractivity contribution in [3.63, 3.8) is 0 Å². The van der Waals surface area contributed by atoms with E-state index in [-0.39, 0.29) is 5.91 Å². The van der Waals surface area contributed by atoms with Gasteiger partial charge < -0.3 is 15.4 Å². The molecule has 1 amide bonds. The molecule has 0 aliphatic heterocycles. The molecule has 110 valence electrons. The summed E-state index contributed by atoms with van der Waals surface area (Å²) in [6.45, 7) is 0.582. The molecule has 0 aliphatic rings. The minimum atomic E-state index is -0.112. The first-order valence-electron chi connectivity index (χ1n) is 6.78. The Bertz CT molecular complexity index is 579. The normalized spacial score (nSPS) is 10.0. The van der Waals surface area contributed by atoms with Gasteiger partial charge in [-0.1, -0.05) is 12.1 Å². The zero-order chi connectivity index (χ0) is 15.1. The highest BCUT2D eigenvalue weighted by molar-refractivity contribution is 5.94. The molecule has 5 nitrogen and oxygen atoms in total. The summed E-state index contributed by atoms with van der Waals surface area (Å²) in [6, 6.07) is 11.3. The molecule has 1 aromatic carbocycles. The first kappa shape index (κ1) is 14.8. The summed E-state index contributed by atoms with van der Waals surface area (Å²) in [5.41, 5.74) is 1.71. The van der Waals surface area contributed by atoms with Crippen molar-refractivity contribution in [2.75, 3.05) is 26.0 Å². The average Bonchev–Trinajstić information content (AvgIpc) is 2.55. The molecular weight excluding hydrogens is 266 g/mol. The number of amides is 1. The first-order chi connectivity index (χ1) is 10.2. The highest BCUT2D eigenvalue weighted by atomic mass is 16.5. The number of nitrogens with zero attached hydrogens (tertiary/aromatic N) is 1. The number of methoxy groups -OCH3 is 1. The van der Waals surface area contributed by atoms with Gasteiger partial charge in [0.05, 0.1) is 12.7 Å². The molecule has 0 saturated heterocycles. The molecule has 0 atom stereocenters. The van der Waals surface area contributed by atoms with Crippen LogP contribution in [0.3, 0.4) is 0 Å². The van der Waals surface area contributed by atoms with Crippen molar-refractivity contribution in [2.24, 2.45) is 0 Å². The van der Waals surface area contributed by atoms with Gasteiger partial charge in [0.2, 0.25) is 0 Å². The van der Waals surface area contributed by atoms with Crippen LogP contribution in [-0.4, -0.2) is 31.6 Å². The standard InChI is InChI=1S/C16H19N3O2/c1-17-15-8-5-13(11-19-15)16(20)18-10-9-12-3-6-14(21-2)7-4-12/h3-8,11H,9-10H2,1-2H3,(H,17,19)(H,18,20). The lowest BCUT2D eigenvalue weighted by Crippen LogP contribution is -2.25. The molecule has 2 aromatic rings. The molecule has 1 heterocycles. The van der Waals surface area contributed by atoms with Crippen molar-refractivity contribution < 1.29 is 9.53 Å². The molecule has 5 heteroatoms. The van der Waals surface area contributed by atoms with Crippen molar-refractivity contribution in [2.45, 2.75) is 6.42 Å². The molecule has 0 aliphatic carbocycles. The van der Waals surface area contributed by atoms with Crippen LogP contribution in [0.2, 0.25) is 0 Å². The largest absolute Gasteiger partial charge is 0.497 e. The molecule has 0 bridgehead atoms. The second-order valence-electron chi connectivity index (χ2n) is 4.54. The second kappa shape index (κ2) is 7.28. The van der Waals surface area contributed by atoms with E-state index >= 15 is 0 Å². The summed E-state index contributed by atoms with van der Waals surface area (Å²) in [7, 11) is 3.43. The summed E-state index contributed by atoms with van der Waals surface area (Å²) in [5, 5.41) is 5.80. The van der Waals surface area contributed by atoms with Gasteiger partial charge in [0.15, 0.2) is 0 Å². The fourth-order valence-electron chi connectivity index (χ4n) is 1.89. The minimum absolute atomic E-state index is 0.112. The maximum atomic E-state index is 11.9. The van der Waals surface area contributed by atoms with E-state index in [9.17, 15) is 4.79 Å². The summed E-state index contributed by atoms with van der Waals surface area (Å²) in [6.07, 6.45) is 2.34. The Hall–Kier alpha value is -2.56. The van der Waals surface area contributed by atoms with Crippen LogP contribution in [-0.2, 0) is 6.42 Å². The number of anilines is 1. The highest BCUT2D eigenvalue weighted by Gasteiger charge is 2.05. The van der Waals surface area contributed by atoms with E-state index in [4.69, 9.17) is 4.74 Å². The maximum Gasteiger partial charge on any atom is 0.252 e. The summed E-state index contributed by atoms with van der Waals surface area (Å²) in [4.78, 5) is 16.1. The van der Waals surface area contributed by atoms with Gasteiger partial charge in [-0.25, -0.2) is 4.98 Å². The predicted molar refractivity (Wildman–Crippen MR) is 82.8 cm³/mol. The molecule has 2 rings (SSSR count). The number of nitrogens with one attached hydrogen (secondary N) is 2. The number of ether oxygens (including phenoxy) is 1. The van der Waals surface area contributed by atoms with E-state index < -0.39 is 0 Å². The van der Waals surface area contributed by atoms with Crippen LogP contribution in [0.5, 0.6) is 5.75 Å². The molecule has 0 fully saturated rings. The van der Waals surface area contributed by atoms with Gasteiger partial charge in [0.25, 0.3) is 5.91 Å². The zero-order valence-electron chi connectivity index (χ0n) is 12.2. The third-order valence-electron chi connectivity index (χ3n) is 3.14. The lowest BCUT2D eigenvalue weighted by atomic mass is 10.1. The second-order valence-corrected chi connectivity index (χ2v) is 4.54. The van der Waals surface area contributed by atoms with Gasteiger partial charge >= 0.3 is 0 Å². The Morgan fingerprint density at radius 2 is 1.95 bits per heavy atom. The van der Waals surface area contributed by atoms with Gasteiger partial charge in [-0.2, -0.15) is 0 Å². The number of aromatic nitrogens is 1. The topological polar surface area (TPSA) is 63.2 Å². The van der Waals surface area contributed by atoms with E-state index in [0.717, 1.165) is 23.6 Å². The summed E-state index contributed by atoms with van der Waals surface area (Å²) < 4.78 is 5.11. The van der Waals surface area contributed by atoms with Gasteiger partial charge in [-0.3, -0.25) is 4.79 Å². The zero-order valence-corrected chi connectivity index (χ0v) is 12.2. The lowest BCUT2D eigenvalue weighted by molar-refractivity contribution is 0.0954. The monoisotopic (exact) mass is 285 g/mol. The SMILES string of the molecule is CNc1ccc(C(=O)NCCc2ccc(OC)cc2)cn1. The highest BCUT2D eigenvalue weighted by Crippen LogP contribution is 2.11. The van der Waals surface area contributed by atoms with Gasteiger partial charge in [0, 0.05) is 19.8 Å². The van der Waals surface area contributed by atoms with E-state index in [0.29, 0.717) is 12.1 Å². The van der Waals surface area contributed by atoms with Crippen molar-refractivity contribution in [3.05, 3.63) is 53.7 Å². The number of hydrogen-bond acceptors (Lipinski definition) is 4. The molecule has 0 radical (unpaired) electrons. The van der Waals surface area contributed by atoms with Crippen molar-refractivity contribution >= 4 is 11.7 Å².